The van der Waals surface area contributed by atoms with E-state index in [1.54, 1.807) is 0 Å². The van der Waals surface area contributed by atoms with Crippen molar-refractivity contribution in [3.05, 3.63) is 36.5 Å². The Morgan fingerprint density at radius 2 is 0.823 bits per heavy atom. The molecule has 364 valence electrons. The molecule has 62 heavy (non-hydrogen) atoms. The van der Waals surface area contributed by atoms with Gasteiger partial charge in [-0.2, -0.15) is 0 Å². The number of esters is 1. The van der Waals surface area contributed by atoms with E-state index in [2.05, 4.69) is 55.6 Å². The highest BCUT2D eigenvalue weighted by molar-refractivity contribution is 5.76. The number of hydrogen-bond acceptors (Lipinski definition) is 5. The second-order valence-corrected chi connectivity index (χ2v) is 18.6. The van der Waals surface area contributed by atoms with Gasteiger partial charge in [0.1, 0.15) is 0 Å². The van der Waals surface area contributed by atoms with Gasteiger partial charge in [-0.1, -0.05) is 230 Å². The number of carbonyl (C=O) groups is 2. The third-order valence-electron chi connectivity index (χ3n) is 12.4. The molecule has 0 rings (SSSR count). The van der Waals surface area contributed by atoms with E-state index < -0.39 is 12.1 Å². The number of aliphatic hydroxyl groups excluding tert-OH is 2. The average Bonchev–Trinajstić information content (AvgIpc) is 3.27. The lowest BCUT2D eigenvalue weighted by Gasteiger charge is -2.22. The zero-order valence-electron chi connectivity index (χ0n) is 41.4. The van der Waals surface area contributed by atoms with E-state index >= 15 is 0 Å². The Morgan fingerprint density at radius 1 is 0.452 bits per heavy atom. The summed E-state index contributed by atoms with van der Waals surface area (Å²) in [5, 5.41) is 23.3. The Balaban J connectivity index is 3.53. The van der Waals surface area contributed by atoms with Gasteiger partial charge in [0.2, 0.25) is 5.91 Å². The van der Waals surface area contributed by atoms with Crippen molar-refractivity contribution in [1.82, 2.24) is 5.32 Å². The number of amides is 1. The minimum atomic E-state index is -0.688. The third kappa shape index (κ3) is 47.6. The summed E-state index contributed by atoms with van der Waals surface area (Å²) in [7, 11) is 0. The van der Waals surface area contributed by atoms with E-state index in [4.69, 9.17) is 4.74 Å². The number of rotatable bonds is 50. The largest absolute Gasteiger partial charge is 0.466 e. The van der Waals surface area contributed by atoms with Crippen LogP contribution in [0.1, 0.15) is 284 Å². The van der Waals surface area contributed by atoms with Crippen molar-refractivity contribution < 1.29 is 24.5 Å². The van der Waals surface area contributed by atoms with Crippen molar-refractivity contribution in [3.8, 4) is 0 Å². The van der Waals surface area contributed by atoms with Crippen LogP contribution < -0.4 is 5.32 Å². The van der Waals surface area contributed by atoms with Crippen molar-refractivity contribution in [1.29, 1.82) is 0 Å². The fourth-order valence-corrected chi connectivity index (χ4v) is 8.18. The Bertz CT molecular complexity index is 1010. The maximum atomic E-state index is 12.5. The van der Waals surface area contributed by atoms with Crippen LogP contribution in [0.2, 0.25) is 0 Å². The van der Waals surface area contributed by atoms with Crippen molar-refractivity contribution in [2.24, 2.45) is 0 Å². The average molecular weight is 872 g/mol. The molecule has 0 aromatic heterocycles. The fourth-order valence-electron chi connectivity index (χ4n) is 8.18. The first kappa shape index (κ1) is 60.1. The van der Waals surface area contributed by atoms with Crippen molar-refractivity contribution in [2.45, 2.75) is 296 Å². The SMILES string of the molecule is CCCC/C=C\C/C=C\CCCCCCCC(=O)OCCCC/C=C\CCCCCCC(=O)NC(CO)C(O)CCCCCCCCCCCCCCCCCCCCCCC. The van der Waals surface area contributed by atoms with E-state index in [0.29, 0.717) is 25.9 Å². The predicted octanol–water partition coefficient (Wildman–Crippen LogP) is 16.5. The molecule has 0 aliphatic heterocycles. The summed E-state index contributed by atoms with van der Waals surface area (Å²) in [6.07, 6.45) is 62.7. The molecule has 0 fully saturated rings. The van der Waals surface area contributed by atoms with Crippen LogP contribution in [0.3, 0.4) is 0 Å². The van der Waals surface area contributed by atoms with Crippen LogP contribution >= 0.6 is 0 Å². The van der Waals surface area contributed by atoms with Crippen LogP contribution in [0, 0.1) is 0 Å². The second-order valence-electron chi connectivity index (χ2n) is 18.6. The Morgan fingerprint density at radius 3 is 1.29 bits per heavy atom. The number of aliphatic hydroxyl groups is 2. The molecule has 0 heterocycles. The van der Waals surface area contributed by atoms with Gasteiger partial charge in [0, 0.05) is 12.8 Å². The smallest absolute Gasteiger partial charge is 0.305 e. The molecule has 0 saturated heterocycles. The monoisotopic (exact) mass is 872 g/mol. The fraction of sp³-hybridized carbons (Fsp3) is 0.857. The summed E-state index contributed by atoms with van der Waals surface area (Å²) in [4.78, 5) is 24.5. The van der Waals surface area contributed by atoms with Gasteiger partial charge in [-0.05, 0) is 77.0 Å². The standard InChI is InChI=1S/C56H105NO5/c1-3-5-7-9-11-13-15-17-19-20-21-22-23-24-25-26-28-32-36-40-44-48-54(59)53(52-58)57-55(60)49-45-41-37-33-30-31-35-39-43-47-51-62-56(61)50-46-42-38-34-29-27-18-16-14-12-10-8-6-4-2/h10,12,16,18,31,35,53-54,58-59H,3-9,11,13-15,17,19-30,32-34,36-52H2,1-2H3,(H,57,60)/b12-10-,18-16-,35-31-. The molecular weight excluding hydrogens is 767 g/mol. The minimum Gasteiger partial charge on any atom is -0.466 e. The Labute approximate surface area is 385 Å². The molecule has 2 atom stereocenters. The molecule has 6 heteroatoms. The first-order valence-corrected chi connectivity index (χ1v) is 27.2. The lowest BCUT2D eigenvalue weighted by atomic mass is 10.0. The van der Waals surface area contributed by atoms with Gasteiger partial charge in [-0.15, -0.1) is 0 Å². The van der Waals surface area contributed by atoms with Gasteiger partial charge in [0.05, 0.1) is 25.4 Å². The predicted molar refractivity (Wildman–Crippen MR) is 269 cm³/mol. The van der Waals surface area contributed by atoms with Gasteiger partial charge < -0.3 is 20.3 Å². The Hall–Kier alpha value is -1.92. The van der Waals surface area contributed by atoms with E-state index in [0.717, 1.165) is 89.9 Å². The lowest BCUT2D eigenvalue weighted by Crippen LogP contribution is -2.45. The highest BCUT2D eigenvalue weighted by Gasteiger charge is 2.20. The van der Waals surface area contributed by atoms with Crippen LogP contribution in [0.4, 0.5) is 0 Å². The third-order valence-corrected chi connectivity index (χ3v) is 12.4. The molecule has 0 aliphatic rings. The molecule has 0 spiro atoms. The van der Waals surface area contributed by atoms with Crippen LogP contribution in [0.5, 0.6) is 0 Å². The second kappa shape index (κ2) is 51.7. The molecule has 0 aromatic carbocycles. The number of carbonyl (C=O) groups excluding carboxylic acids is 2. The number of hydrogen-bond donors (Lipinski definition) is 3. The zero-order chi connectivity index (χ0) is 45.1. The van der Waals surface area contributed by atoms with Gasteiger partial charge in [-0.3, -0.25) is 9.59 Å². The molecular formula is C56H105NO5. The summed E-state index contributed by atoms with van der Waals surface area (Å²) in [5.74, 6) is -0.121. The number of allylic oxidation sites excluding steroid dienone is 6. The van der Waals surface area contributed by atoms with Crippen LogP contribution in [0.25, 0.3) is 0 Å². The topological polar surface area (TPSA) is 95.9 Å². The molecule has 0 aliphatic carbocycles. The van der Waals surface area contributed by atoms with E-state index in [9.17, 15) is 19.8 Å². The molecule has 1 amide bonds. The molecule has 2 unspecified atom stereocenters. The maximum Gasteiger partial charge on any atom is 0.305 e. The van der Waals surface area contributed by atoms with Crippen molar-refractivity contribution in [3.63, 3.8) is 0 Å². The van der Waals surface area contributed by atoms with Crippen molar-refractivity contribution in [2.75, 3.05) is 13.2 Å². The zero-order valence-corrected chi connectivity index (χ0v) is 41.4. The van der Waals surface area contributed by atoms with Crippen LogP contribution in [-0.2, 0) is 14.3 Å². The van der Waals surface area contributed by atoms with Crippen molar-refractivity contribution >= 4 is 11.9 Å². The maximum absolute atomic E-state index is 12.5. The summed E-state index contributed by atoms with van der Waals surface area (Å²) < 4.78 is 5.42. The van der Waals surface area contributed by atoms with E-state index in [-0.39, 0.29) is 18.5 Å². The minimum absolute atomic E-state index is 0.0508. The normalized spacial score (nSPS) is 12.9. The molecule has 6 nitrogen and oxygen atoms in total. The van der Waals surface area contributed by atoms with Gasteiger partial charge in [-0.25, -0.2) is 0 Å². The highest BCUT2D eigenvalue weighted by atomic mass is 16.5. The number of nitrogens with one attached hydrogen (secondary N) is 1. The summed E-state index contributed by atoms with van der Waals surface area (Å²) in [6.45, 7) is 4.82. The molecule has 0 saturated carbocycles. The molecule has 0 radical (unpaired) electrons. The molecule has 0 bridgehead atoms. The van der Waals surface area contributed by atoms with E-state index in [1.807, 2.05) is 0 Å². The van der Waals surface area contributed by atoms with Gasteiger partial charge in [0.15, 0.2) is 0 Å². The van der Waals surface area contributed by atoms with E-state index in [1.165, 1.54) is 161 Å². The first-order chi connectivity index (χ1) is 30.5. The van der Waals surface area contributed by atoms with Crippen LogP contribution in [0.15, 0.2) is 36.5 Å². The quantitative estimate of drug-likeness (QED) is 0.0321. The lowest BCUT2D eigenvalue weighted by molar-refractivity contribution is -0.143. The van der Waals surface area contributed by atoms with Gasteiger partial charge in [0.25, 0.3) is 0 Å². The van der Waals surface area contributed by atoms with Gasteiger partial charge >= 0.3 is 5.97 Å². The van der Waals surface area contributed by atoms with Crippen LogP contribution in [-0.4, -0.2) is 47.4 Å². The molecule has 0 aromatic rings. The highest BCUT2D eigenvalue weighted by Crippen LogP contribution is 2.17. The molecule has 3 N–H and O–H groups in total. The Kier molecular flexibility index (Phi) is 50.1. The summed E-state index contributed by atoms with van der Waals surface area (Å²) >= 11 is 0. The first-order valence-electron chi connectivity index (χ1n) is 27.2. The summed E-state index contributed by atoms with van der Waals surface area (Å²) in [6, 6.07) is -0.569. The summed E-state index contributed by atoms with van der Waals surface area (Å²) in [5.41, 5.74) is 0. The number of ether oxygens (including phenoxy) is 1. The number of unbranched alkanes of at least 4 members (excludes halogenated alkanes) is 33.